The van der Waals surface area contributed by atoms with Crippen molar-refractivity contribution in [1.29, 1.82) is 0 Å². The van der Waals surface area contributed by atoms with Crippen LogP contribution < -0.4 is 10.6 Å². The number of rotatable bonds is 3. The molecule has 1 aliphatic heterocycles. The summed E-state index contributed by atoms with van der Waals surface area (Å²) in [4.78, 5) is 36.5. The molecule has 5 nitrogen and oxygen atoms in total. The number of carbonyl (C=O) groups excluding carboxylic acids is 3. The predicted octanol–water partition coefficient (Wildman–Crippen LogP) is 3.22. The molecule has 156 valence electrons. The summed E-state index contributed by atoms with van der Waals surface area (Å²) >= 11 is 0. The summed E-state index contributed by atoms with van der Waals surface area (Å²) in [6, 6.07) is -0.0667. The largest absolute Gasteiger partial charge is 0.353 e. The van der Waals surface area contributed by atoms with Gasteiger partial charge in [-0.1, -0.05) is 13.8 Å². The van der Waals surface area contributed by atoms with Crippen LogP contribution in [0.3, 0.4) is 0 Å². The average molecular weight is 389 g/mol. The highest BCUT2D eigenvalue weighted by atomic mass is 16.2. The van der Waals surface area contributed by atoms with Crippen molar-refractivity contribution in [2.45, 2.75) is 91.1 Å². The third-order valence-electron chi connectivity index (χ3n) is 9.38. The van der Waals surface area contributed by atoms with Crippen molar-refractivity contribution in [3.05, 3.63) is 0 Å². The fourth-order valence-electron chi connectivity index (χ4n) is 7.55. The van der Waals surface area contributed by atoms with Crippen LogP contribution in [0.15, 0.2) is 0 Å². The Morgan fingerprint density at radius 1 is 1.04 bits per heavy atom. The lowest BCUT2D eigenvalue weighted by Crippen LogP contribution is -2.61. The van der Waals surface area contributed by atoms with E-state index in [-0.39, 0.29) is 34.3 Å². The third kappa shape index (κ3) is 2.91. The molecular weight excluding hydrogens is 352 g/mol. The summed E-state index contributed by atoms with van der Waals surface area (Å²) in [6.45, 7) is 8.06. The second-order valence-corrected chi connectivity index (χ2v) is 10.6. The minimum atomic E-state index is -0.397. The Morgan fingerprint density at radius 2 is 1.75 bits per heavy atom. The zero-order valence-corrected chi connectivity index (χ0v) is 17.8. The average Bonchev–Trinajstić information content (AvgIpc) is 2.99. The van der Waals surface area contributed by atoms with Crippen LogP contribution in [0.1, 0.15) is 79.1 Å². The number of hydrogen-bond donors (Lipinski definition) is 2. The Hall–Kier alpha value is -1.39. The first kappa shape index (κ1) is 19.9. The molecule has 0 aromatic rings. The Labute approximate surface area is 168 Å². The van der Waals surface area contributed by atoms with Gasteiger partial charge in [-0.3, -0.25) is 14.4 Å². The normalized spacial score (nSPS) is 45.9. The van der Waals surface area contributed by atoms with Gasteiger partial charge in [-0.2, -0.15) is 0 Å². The van der Waals surface area contributed by atoms with Crippen LogP contribution in [-0.4, -0.2) is 29.7 Å². The summed E-state index contributed by atoms with van der Waals surface area (Å²) in [7, 11) is 0. The summed E-state index contributed by atoms with van der Waals surface area (Å²) in [6.07, 6.45) is 8.22. The van der Waals surface area contributed by atoms with E-state index in [4.69, 9.17) is 0 Å². The first-order valence-electron chi connectivity index (χ1n) is 11.3. The summed E-state index contributed by atoms with van der Waals surface area (Å²) in [5, 5.41) is 6.26. The Kier molecular flexibility index (Phi) is 4.86. The van der Waals surface area contributed by atoms with Crippen molar-refractivity contribution >= 4 is 17.6 Å². The van der Waals surface area contributed by atoms with Gasteiger partial charge in [0.05, 0.1) is 6.04 Å². The van der Waals surface area contributed by atoms with E-state index >= 15 is 0 Å². The molecule has 3 unspecified atom stereocenters. The van der Waals surface area contributed by atoms with Crippen LogP contribution >= 0.6 is 0 Å². The van der Waals surface area contributed by atoms with Gasteiger partial charge < -0.3 is 10.6 Å². The highest BCUT2D eigenvalue weighted by molar-refractivity contribution is 5.88. The van der Waals surface area contributed by atoms with Gasteiger partial charge in [0, 0.05) is 18.4 Å². The van der Waals surface area contributed by atoms with Crippen molar-refractivity contribution in [3.8, 4) is 0 Å². The van der Waals surface area contributed by atoms with Crippen LogP contribution in [0, 0.1) is 34.5 Å². The molecule has 3 saturated carbocycles. The van der Waals surface area contributed by atoms with E-state index in [2.05, 4.69) is 24.5 Å². The molecule has 4 aliphatic rings. The van der Waals surface area contributed by atoms with Crippen LogP contribution in [0.5, 0.6) is 0 Å². The van der Waals surface area contributed by atoms with E-state index in [1.165, 1.54) is 13.3 Å². The van der Waals surface area contributed by atoms with Crippen LogP contribution in [0.4, 0.5) is 0 Å². The lowest BCUT2D eigenvalue weighted by Gasteiger charge is -2.60. The van der Waals surface area contributed by atoms with Crippen molar-refractivity contribution in [1.82, 2.24) is 10.6 Å². The maximum atomic E-state index is 13.0. The number of fused-ring (bicyclic) bond motifs is 5. The monoisotopic (exact) mass is 388 g/mol. The predicted molar refractivity (Wildman–Crippen MR) is 107 cm³/mol. The number of ketones is 1. The van der Waals surface area contributed by atoms with Crippen LogP contribution in [0.2, 0.25) is 0 Å². The van der Waals surface area contributed by atoms with Crippen molar-refractivity contribution in [2.24, 2.45) is 34.5 Å². The van der Waals surface area contributed by atoms with E-state index in [9.17, 15) is 14.4 Å². The minimum Gasteiger partial charge on any atom is -0.353 e. The number of hydrogen-bond acceptors (Lipinski definition) is 3. The smallest absolute Gasteiger partial charge is 0.224 e. The zero-order chi connectivity index (χ0) is 20.3. The highest BCUT2D eigenvalue weighted by Crippen LogP contribution is 2.65. The molecule has 0 aromatic carbocycles. The summed E-state index contributed by atoms with van der Waals surface area (Å²) in [5.41, 5.74) is 0.254. The third-order valence-corrected chi connectivity index (χ3v) is 9.38. The molecular formula is C23H36N2O3. The fraction of sp³-hybridized carbons (Fsp3) is 0.870. The number of carbonyl (C=O) groups is 3. The van der Waals surface area contributed by atoms with Crippen molar-refractivity contribution in [3.63, 3.8) is 0 Å². The quantitative estimate of drug-likeness (QED) is 0.779. The molecule has 28 heavy (non-hydrogen) atoms. The van der Waals surface area contributed by atoms with E-state index in [1.807, 2.05) is 0 Å². The molecule has 4 rings (SSSR count). The molecule has 4 fully saturated rings. The van der Waals surface area contributed by atoms with E-state index in [1.54, 1.807) is 6.92 Å². The second kappa shape index (κ2) is 6.84. The number of nitrogens with one attached hydrogen (secondary N) is 2. The van der Waals surface area contributed by atoms with E-state index in [0.29, 0.717) is 30.2 Å². The highest BCUT2D eigenvalue weighted by Gasteiger charge is 2.61. The molecule has 0 spiro atoms. The summed E-state index contributed by atoms with van der Waals surface area (Å²) in [5.74, 6) is 2.25. The van der Waals surface area contributed by atoms with Crippen LogP contribution in [0.25, 0.3) is 0 Å². The second-order valence-electron chi connectivity index (χ2n) is 10.6. The van der Waals surface area contributed by atoms with Gasteiger partial charge in [-0.25, -0.2) is 0 Å². The number of Topliss-reactive ketones (excluding diaryl/α,β-unsaturated/α-hetero) is 1. The van der Waals surface area contributed by atoms with Crippen LogP contribution in [-0.2, 0) is 14.4 Å². The molecule has 2 N–H and O–H groups in total. The van der Waals surface area contributed by atoms with Gasteiger partial charge in [0.1, 0.15) is 0 Å². The fourth-order valence-corrected chi connectivity index (χ4v) is 7.55. The maximum absolute atomic E-state index is 13.0. The van der Waals surface area contributed by atoms with Crippen molar-refractivity contribution in [2.75, 3.05) is 0 Å². The zero-order valence-electron chi connectivity index (χ0n) is 17.8. The maximum Gasteiger partial charge on any atom is 0.224 e. The number of piperidine rings is 1. The van der Waals surface area contributed by atoms with Crippen molar-refractivity contribution < 1.29 is 14.4 Å². The van der Waals surface area contributed by atoms with E-state index < -0.39 is 6.04 Å². The Bertz CT molecular complexity index is 691. The summed E-state index contributed by atoms with van der Waals surface area (Å²) < 4.78 is 0. The van der Waals surface area contributed by atoms with Gasteiger partial charge in [0.25, 0.3) is 0 Å². The Balaban J connectivity index is 1.53. The van der Waals surface area contributed by atoms with Gasteiger partial charge in [0.15, 0.2) is 5.78 Å². The molecule has 8 atom stereocenters. The van der Waals surface area contributed by atoms with Gasteiger partial charge in [-0.15, -0.1) is 0 Å². The first-order valence-corrected chi connectivity index (χ1v) is 11.3. The lowest BCUT2D eigenvalue weighted by molar-refractivity contribution is -0.142. The molecule has 1 heterocycles. The molecule has 2 amide bonds. The molecule has 3 aliphatic carbocycles. The van der Waals surface area contributed by atoms with Gasteiger partial charge in [0.2, 0.25) is 11.8 Å². The van der Waals surface area contributed by atoms with Gasteiger partial charge in [-0.05, 0) is 87.4 Å². The molecule has 0 aromatic heterocycles. The number of amides is 2. The Morgan fingerprint density at radius 3 is 2.46 bits per heavy atom. The SMILES string of the molecule is CC(=O)C(C)NC(=O)C1CC[C@H]2[C@@H]3CCC4NC(=O)CC[C@]4(C)[C@@H]3CC[C@]12C. The van der Waals surface area contributed by atoms with Gasteiger partial charge >= 0.3 is 0 Å². The standard InChI is InChI=1S/C23H36N2O3/c1-13(14(2)26)24-21(28)18-7-6-16-15-5-8-19-23(4,12-10-20(27)25-19)17(15)9-11-22(16,18)3/h13,15-19H,5-12H2,1-4H3,(H,24,28)(H,25,27)/t13?,15-,16-,17+,18?,19?,22-,23+/m0/s1. The lowest BCUT2D eigenvalue weighted by atomic mass is 9.47. The van der Waals surface area contributed by atoms with E-state index in [0.717, 1.165) is 38.5 Å². The minimum absolute atomic E-state index is 0.0161. The molecule has 0 bridgehead atoms. The molecule has 0 radical (unpaired) electrons. The topological polar surface area (TPSA) is 75.3 Å². The first-order chi connectivity index (χ1) is 13.2. The molecule has 5 heteroatoms. The molecule has 1 saturated heterocycles.